The highest BCUT2D eigenvalue weighted by Gasteiger charge is 2.30. The van der Waals surface area contributed by atoms with Crippen molar-refractivity contribution in [1.29, 1.82) is 0 Å². The van der Waals surface area contributed by atoms with Crippen molar-refractivity contribution in [3.05, 3.63) is 29.8 Å². The molecule has 132 valence electrons. The second kappa shape index (κ2) is 7.65. The molecule has 3 N–H and O–H groups in total. The number of aliphatic hydroxyl groups is 1. The molecule has 2 atom stereocenters. The zero-order valence-electron chi connectivity index (χ0n) is 12.9. The fraction of sp³-hybridized carbons (Fsp3) is 0.500. The van der Waals surface area contributed by atoms with E-state index in [2.05, 4.69) is 10.6 Å². The van der Waals surface area contributed by atoms with E-state index < -0.39 is 30.5 Å². The number of amides is 2. The number of para-hydroxylation sites is 1. The third-order valence-electron chi connectivity index (χ3n) is 4.01. The molecule has 5 nitrogen and oxygen atoms in total. The topological polar surface area (TPSA) is 78.4 Å². The average Bonchev–Trinajstić information content (AvgIpc) is 2.90. The highest BCUT2D eigenvalue weighted by Crippen LogP contribution is 2.26. The molecule has 2 amide bonds. The van der Waals surface area contributed by atoms with Gasteiger partial charge in [-0.2, -0.15) is 13.2 Å². The molecule has 1 aromatic rings. The van der Waals surface area contributed by atoms with Gasteiger partial charge >= 0.3 is 18.0 Å². The summed E-state index contributed by atoms with van der Waals surface area (Å²) in [5.41, 5.74) is -0.159. The molecular formula is C16H19F3N2O3. The van der Waals surface area contributed by atoms with E-state index in [0.29, 0.717) is 6.42 Å². The Labute approximate surface area is 137 Å². The zero-order chi connectivity index (χ0) is 17.7. The second-order valence-electron chi connectivity index (χ2n) is 5.87. The lowest BCUT2D eigenvalue weighted by atomic mass is 10.1. The Kier molecular flexibility index (Phi) is 5.82. The van der Waals surface area contributed by atoms with E-state index in [-0.39, 0.29) is 23.7 Å². The minimum atomic E-state index is -4.41. The van der Waals surface area contributed by atoms with Crippen molar-refractivity contribution in [2.75, 3.05) is 11.9 Å². The number of hydrogen-bond donors (Lipinski definition) is 3. The smallest absolute Gasteiger partial charge is 0.393 e. The summed E-state index contributed by atoms with van der Waals surface area (Å²) in [7, 11) is 0. The van der Waals surface area contributed by atoms with Crippen molar-refractivity contribution in [2.24, 2.45) is 5.92 Å². The summed E-state index contributed by atoms with van der Waals surface area (Å²) in [4.78, 5) is 23.6. The van der Waals surface area contributed by atoms with Crippen LogP contribution in [0.2, 0.25) is 0 Å². The monoisotopic (exact) mass is 344 g/mol. The molecule has 0 spiro atoms. The number of carbonyl (C=O) groups is 2. The first-order valence-corrected chi connectivity index (χ1v) is 7.68. The summed E-state index contributed by atoms with van der Waals surface area (Å²) >= 11 is 0. The third-order valence-corrected chi connectivity index (χ3v) is 4.01. The number of nitrogens with one attached hydrogen (secondary N) is 2. The first-order valence-electron chi connectivity index (χ1n) is 7.68. The van der Waals surface area contributed by atoms with Gasteiger partial charge in [-0.25, -0.2) is 0 Å². The Morgan fingerprint density at radius 3 is 2.50 bits per heavy atom. The Morgan fingerprint density at radius 2 is 1.88 bits per heavy atom. The maximum atomic E-state index is 12.5. The normalized spacial score (nSPS) is 20.7. The van der Waals surface area contributed by atoms with E-state index in [1.807, 2.05) is 0 Å². The minimum Gasteiger partial charge on any atom is -0.393 e. The number of carbonyl (C=O) groups excluding carboxylic acids is 2. The van der Waals surface area contributed by atoms with E-state index >= 15 is 0 Å². The number of halogens is 3. The quantitative estimate of drug-likeness (QED) is 0.731. The van der Waals surface area contributed by atoms with E-state index in [4.69, 9.17) is 0 Å². The van der Waals surface area contributed by atoms with Crippen LogP contribution in [0.25, 0.3) is 0 Å². The molecule has 2 rings (SSSR count). The first kappa shape index (κ1) is 18.3. The van der Waals surface area contributed by atoms with Crippen LogP contribution < -0.4 is 10.6 Å². The number of aliphatic hydroxyl groups excluding tert-OH is 1. The van der Waals surface area contributed by atoms with E-state index in [1.54, 1.807) is 0 Å². The molecular weight excluding hydrogens is 325 g/mol. The molecule has 1 fully saturated rings. The lowest BCUT2D eigenvalue weighted by molar-refractivity contribution is -0.136. The zero-order valence-corrected chi connectivity index (χ0v) is 12.9. The summed E-state index contributed by atoms with van der Waals surface area (Å²) in [6.45, 7) is 0.164. The molecule has 0 saturated heterocycles. The Balaban J connectivity index is 1.93. The minimum absolute atomic E-state index is 0.0455. The van der Waals surface area contributed by atoms with Crippen molar-refractivity contribution in [2.45, 2.75) is 38.0 Å². The molecule has 1 aromatic carbocycles. The van der Waals surface area contributed by atoms with Gasteiger partial charge in [0, 0.05) is 18.2 Å². The fourth-order valence-corrected chi connectivity index (χ4v) is 2.75. The van der Waals surface area contributed by atoms with Crippen LogP contribution in [0, 0.1) is 5.92 Å². The molecule has 0 heterocycles. The second-order valence-corrected chi connectivity index (χ2v) is 5.87. The van der Waals surface area contributed by atoms with Crippen LogP contribution in [0.1, 0.15) is 24.8 Å². The predicted molar refractivity (Wildman–Crippen MR) is 81.2 cm³/mol. The Bertz CT molecular complexity index is 604. The lowest BCUT2D eigenvalue weighted by Gasteiger charge is -2.15. The number of rotatable bonds is 4. The fourth-order valence-electron chi connectivity index (χ4n) is 2.75. The molecule has 8 heteroatoms. The largest absolute Gasteiger partial charge is 0.393 e. The summed E-state index contributed by atoms with van der Waals surface area (Å²) in [6, 6.07) is 5.46. The van der Waals surface area contributed by atoms with Crippen LogP contribution in [-0.2, 0) is 16.0 Å². The van der Waals surface area contributed by atoms with Crippen LogP contribution in [0.5, 0.6) is 0 Å². The van der Waals surface area contributed by atoms with Crippen LogP contribution in [0.3, 0.4) is 0 Å². The van der Waals surface area contributed by atoms with Gasteiger partial charge in [-0.15, -0.1) is 0 Å². The molecule has 0 aliphatic heterocycles. The van der Waals surface area contributed by atoms with Crippen LogP contribution >= 0.6 is 0 Å². The highest BCUT2D eigenvalue weighted by atomic mass is 19.4. The van der Waals surface area contributed by atoms with Crippen molar-refractivity contribution >= 4 is 17.5 Å². The maximum absolute atomic E-state index is 12.5. The van der Waals surface area contributed by atoms with Crippen molar-refractivity contribution in [3.63, 3.8) is 0 Å². The summed E-state index contributed by atoms with van der Waals surface area (Å²) in [6.07, 6.45) is -3.82. The molecule has 0 radical (unpaired) electrons. The Morgan fingerprint density at radius 1 is 1.17 bits per heavy atom. The first-order chi connectivity index (χ1) is 11.3. The van der Waals surface area contributed by atoms with Gasteiger partial charge in [0.05, 0.1) is 12.5 Å². The van der Waals surface area contributed by atoms with Crippen molar-refractivity contribution < 1.29 is 27.9 Å². The Hall–Kier alpha value is -2.09. The van der Waals surface area contributed by atoms with Crippen molar-refractivity contribution in [1.82, 2.24) is 5.32 Å². The molecule has 1 saturated carbocycles. The molecule has 1 aliphatic carbocycles. The highest BCUT2D eigenvalue weighted by molar-refractivity contribution is 6.39. The molecule has 1 aliphatic rings. The maximum Gasteiger partial charge on any atom is 0.393 e. The van der Waals surface area contributed by atoms with Gasteiger partial charge in [-0.05, 0) is 24.5 Å². The average molecular weight is 344 g/mol. The third kappa shape index (κ3) is 5.23. The van der Waals surface area contributed by atoms with E-state index in [0.717, 1.165) is 12.8 Å². The SMILES string of the molecule is O=C(NCC1CCCC1O)C(=O)Nc1ccccc1CC(F)(F)F. The van der Waals surface area contributed by atoms with Gasteiger partial charge in [0.15, 0.2) is 0 Å². The van der Waals surface area contributed by atoms with Crippen LogP contribution in [0.4, 0.5) is 18.9 Å². The van der Waals surface area contributed by atoms with Crippen molar-refractivity contribution in [3.8, 4) is 0 Å². The van der Waals surface area contributed by atoms with Crippen LogP contribution in [0.15, 0.2) is 24.3 Å². The van der Waals surface area contributed by atoms with Gasteiger partial charge in [0.25, 0.3) is 0 Å². The molecule has 2 unspecified atom stereocenters. The van der Waals surface area contributed by atoms with Gasteiger partial charge in [0.1, 0.15) is 0 Å². The van der Waals surface area contributed by atoms with Crippen LogP contribution in [-0.4, -0.2) is 35.7 Å². The van der Waals surface area contributed by atoms with Gasteiger partial charge in [-0.1, -0.05) is 24.6 Å². The molecule has 24 heavy (non-hydrogen) atoms. The number of alkyl halides is 3. The number of anilines is 1. The van der Waals surface area contributed by atoms with Gasteiger partial charge < -0.3 is 15.7 Å². The predicted octanol–water partition coefficient (Wildman–Crippen LogP) is 2.01. The summed E-state index contributed by atoms with van der Waals surface area (Å²) in [5.74, 6) is -2.06. The van der Waals surface area contributed by atoms with Gasteiger partial charge in [0.2, 0.25) is 0 Å². The standard InChI is InChI=1S/C16H19F3N2O3/c17-16(18,19)8-10-4-1-2-6-12(10)21-15(24)14(23)20-9-11-5-3-7-13(11)22/h1-2,4,6,11,13,22H,3,5,7-9H2,(H,20,23)(H,21,24). The van der Waals surface area contributed by atoms with Gasteiger partial charge in [-0.3, -0.25) is 9.59 Å². The molecule has 0 aromatic heterocycles. The summed E-state index contributed by atoms with van der Waals surface area (Å²) in [5, 5.41) is 14.3. The number of benzene rings is 1. The number of hydrogen-bond acceptors (Lipinski definition) is 3. The van der Waals surface area contributed by atoms with E-state index in [1.165, 1.54) is 24.3 Å². The molecule has 0 bridgehead atoms. The van der Waals surface area contributed by atoms with E-state index in [9.17, 15) is 27.9 Å². The summed E-state index contributed by atoms with van der Waals surface area (Å²) < 4.78 is 37.6. The lowest BCUT2D eigenvalue weighted by Crippen LogP contribution is -2.39.